The lowest BCUT2D eigenvalue weighted by atomic mass is 10.0. The summed E-state index contributed by atoms with van der Waals surface area (Å²) in [5.41, 5.74) is 0. The summed E-state index contributed by atoms with van der Waals surface area (Å²) in [4.78, 5) is 0. The van der Waals surface area contributed by atoms with Crippen molar-refractivity contribution in [3.63, 3.8) is 0 Å². The van der Waals surface area contributed by atoms with E-state index in [-0.39, 0.29) is 6.10 Å². The van der Waals surface area contributed by atoms with Crippen molar-refractivity contribution in [1.82, 2.24) is 0 Å². The highest BCUT2D eigenvalue weighted by Gasteiger charge is 2.11. The lowest BCUT2D eigenvalue weighted by Crippen LogP contribution is -2.24. The van der Waals surface area contributed by atoms with Gasteiger partial charge in [-0.25, -0.2) is 0 Å². The van der Waals surface area contributed by atoms with Gasteiger partial charge in [0.25, 0.3) is 0 Å². The van der Waals surface area contributed by atoms with Crippen LogP contribution < -0.4 is 0 Å². The van der Waals surface area contributed by atoms with E-state index in [1.54, 1.807) is 0 Å². The average Bonchev–Trinajstić information content (AvgIpc) is 2.26. The van der Waals surface area contributed by atoms with E-state index in [1.165, 1.54) is 0 Å². The number of aliphatic hydroxyl groups is 1. The van der Waals surface area contributed by atoms with Crippen LogP contribution in [-0.2, 0) is 9.47 Å². The zero-order chi connectivity index (χ0) is 11.5. The van der Waals surface area contributed by atoms with E-state index in [0.29, 0.717) is 25.7 Å². The third kappa shape index (κ3) is 8.85. The second kappa shape index (κ2) is 10.4. The minimum atomic E-state index is -0.342. The Balaban J connectivity index is 3.16. The zero-order valence-corrected chi connectivity index (χ0v) is 10.4. The normalized spacial score (nSPS) is 15.2. The molecule has 0 aliphatic rings. The van der Waals surface area contributed by atoms with Crippen molar-refractivity contribution in [2.75, 3.05) is 26.4 Å². The zero-order valence-electron chi connectivity index (χ0n) is 10.4. The fourth-order valence-corrected chi connectivity index (χ4v) is 1.11. The number of hydrogen-bond acceptors (Lipinski definition) is 3. The fourth-order valence-electron chi connectivity index (χ4n) is 1.11. The van der Waals surface area contributed by atoms with E-state index in [4.69, 9.17) is 9.47 Å². The van der Waals surface area contributed by atoms with Gasteiger partial charge in [-0.05, 0) is 12.3 Å². The van der Waals surface area contributed by atoms with Gasteiger partial charge in [0.1, 0.15) is 0 Å². The minimum Gasteiger partial charge on any atom is -0.390 e. The molecule has 0 rings (SSSR count). The number of ether oxygens (including phenoxy) is 2. The van der Waals surface area contributed by atoms with Gasteiger partial charge in [-0.3, -0.25) is 0 Å². The Morgan fingerprint density at radius 3 is 2.33 bits per heavy atom. The van der Waals surface area contributed by atoms with Gasteiger partial charge in [-0.15, -0.1) is 0 Å². The first-order valence-corrected chi connectivity index (χ1v) is 6.05. The molecule has 0 amide bonds. The molecule has 2 atom stereocenters. The summed E-state index contributed by atoms with van der Waals surface area (Å²) >= 11 is 0. The molecule has 0 saturated carbocycles. The van der Waals surface area contributed by atoms with Gasteiger partial charge in [0.15, 0.2) is 0 Å². The lowest BCUT2D eigenvalue weighted by molar-refractivity contribution is -0.0147. The number of aliphatic hydroxyl groups excluding tert-OH is 1. The van der Waals surface area contributed by atoms with Gasteiger partial charge in [0.2, 0.25) is 0 Å². The van der Waals surface area contributed by atoms with E-state index in [2.05, 4.69) is 13.8 Å². The molecule has 0 aromatic carbocycles. The molecule has 2 unspecified atom stereocenters. The topological polar surface area (TPSA) is 38.7 Å². The second-order valence-electron chi connectivity index (χ2n) is 3.99. The quantitative estimate of drug-likeness (QED) is 0.571. The SMILES string of the molecule is CCCCOCCOCC(O)C(C)CC. The second-order valence-corrected chi connectivity index (χ2v) is 3.99. The van der Waals surface area contributed by atoms with Crippen molar-refractivity contribution < 1.29 is 14.6 Å². The Bertz CT molecular complexity index is 128. The molecule has 0 saturated heterocycles. The van der Waals surface area contributed by atoms with Crippen LogP contribution in [0, 0.1) is 5.92 Å². The first-order valence-electron chi connectivity index (χ1n) is 6.05. The first-order chi connectivity index (χ1) is 7.22. The van der Waals surface area contributed by atoms with E-state index in [0.717, 1.165) is 25.9 Å². The molecule has 0 aromatic rings. The summed E-state index contributed by atoms with van der Waals surface area (Å²) < 4.78 is 10.7. The Kier molecular flexibility index (Phi) is 10.3. The molecule has 0 radical (unpaired) electrons. The Labute approximate surface area is 93.8 Å². The van der Waals surface area contributed by atoms with Crippen LogP contribution in [0.2, 0.25) is 0 Å². The third-order valence-corrected chi connectivity index (χ3v) is 2.60. The molecular formula is C12H26O3. The molecule has 1 N–H and O–H groups in total. The van der Waals surface area contributed by atoms with E-state index in [1.807, 2.05) is 6.92 Å². The Morgan fingerprint density at radius 1 is 1.07 bits per heavy atom. The van der Waals surface area contributed by atoms with Crippen molar-refractivity contribution in [3.8, 4) is 0 Å². The molecule has 0 spiro atoms. The number of rotatable bonds is 10. The molecule has 92 valence electrons. The summed E-state index contributed by atoms with van der Waals surface area (Å²) in [6, 6.07) is 0. The van der Waals surface area contributed by atoms with Crippen LogP contribution in [0.25, 0.3) is 0 Å². The number of unbranched alkanes of at least 4 members (excludes halogenated alkanes) is 1. The predicted molar refractivity (Wildman–Crippen MR) is 62.0 cm³/mol. The summed E-state index contributed by atoms with van der Waals surface area (Å²) in [6.07, 6.45) is 2.91. The first kappa shape index (κ1) is 14.9. The van der Waals surface area contributed by atoms with Crippen molar-refractivity contribution in [3.05, 3.63) is 0 Å². The Hall–Kier alpha value is -0.120. The van der Waals surface area contributed by atoms with Crippen LogP contribution in [-0.4, -0.2) is 37.6 Å². The smallest absolute Gasteiger partial charge is 0.0799 e. The Morgan fingerprint density at radius 2 is 1.73 bits per heavy atom. The van der Waals surface area contributed by atoms with Crippen LogP contribution in [0.1, 0.15) is 40.0 Å². The van der Waals surface area contributed by atoms with Crippen LogP contribution in [0.5, 0.6) is 0 Å². The molecule has 0 aliphatic carbocycles. The van der Waals surface area contributed by atoms with Crippen molar-refractivity contribution in [2.45, 2.75) is 46.1 Å². The summed E-state index contributed by atoms with van der Waals surface area (Å²) in [5, 5.41) is 9.59. The molecule has 0 heterocycles. The molecule has 0 aromatic heterocycles. The van der Waals surface area contributed by atoms with Crippen LogP contribution in [0.3, 0.4) is 0 Å². The van der Waals surface area contributed by atoms with Gasteiger partial charge >= 0.3 is 0 Å². The average molecular weight is 218 g/mol. The maximum Gasteiger partial charge on any atom is 0.0799 e. The van der Waals surface area contributed by atoms with Gasteiger partial charge in [-0.2, -0.15) is 0 Å². The highest BCUT2D eigenvalue weighted by atomic mass is 16.5. The maximum absolute atomic E-state index is 9.59. The van der Waals surface area contributed by atoms with Crippen molar-refractivity contribution in [2.24, 2.45) is 5.92 Å². The molecule has 3 heteroatoms. The summed E-state index contributed by atoms with van der Waals surface area (Å²) in [6.45, 7) is 8.69. The summed E-state index contributed by atoms with van der Waals surface area (Å²) in [7, 11) is 0. The van der Waals surface area contributed by atoms with E-state index >= 15 is 0 Å². The van der Waals surface area contributed by atoms with Crippen LogP contribution in [0.4, 0.5) is 0 Å². The molecule has 0 bridgehead atoms. The molecular weight excluding hydrogens is 192 g/mol. The van der Waals surface area contributed by atoms with Gasteiger partial charge in [0.05, 0.1) is 25.9 Å². The van der Waals surface area contributed by atoms with Gasteiger partial charge < -0.3 is 14.6 Å². The molecule has 3 nitrogen and oxygen atoms in total. The minimum absolute atomic E-state index is 0.311. The fraction of sp³-hybridized carbons (Fsp3) is 1.00. The van der Waals surface area contributed by atoms with Crippen molar-refractivity contribution in [1.29, 1.82) is 0 Å². The van der Waals surface area contributed by atoms with Gasteiger partial charge in [0, 0.05) is 6.61 Å². The van der Waals surface area contributed by atoms with E-state index in [9.17, 15) is 5.11 Å². The van der Waals surface area contributed by atoms with Crippen LogP contribution >= 0.6 is 0 Å². The largest absolute Gasteiger partial charge is 0.390 e. The monoisotopic (exact) mass is 218 g/mol. The predicted octanol–water partition coefficient (Wildman–Crippen LogP) is 2.23. The number of hydrogen-bond donors (Lipinski definition) is 1. The van der Waals surface area contributed by atoms with E-state index < -0.39 is 0 Å². The highest BCUT2D eigenvalue weighted by molar-refractivity contribution is 4.61. The molecule has 0 fully saturated rings. The van der Waals surface area contributed by atoms with Gasteiger partial charge in [-0.1, -0.05) is 33.6 Å². The van der Waals surface area contributed by atoms with Crippen LogP contribution in [0.15, 0.2) is 0 Å². The lowest BCUT2D eigenvalue weighted by Gasteiger charge is -2.16. The standard InChI is InChI=1S/C12H26O3/c1-4-6-7-14-8-9-15-10-12(13)11(3)5-2/h11-13H,4-10H2,1-3H3. The van der Waals surface area contributed by atoms with Crippen molar-refractivity contribution >= 4 is 0 Å². The summed E-state index contributed by atoms with van der Waals surface area (Å²) in [5.74, 6) is 0.311. The molecule has 0 aliphatic heterocycles. The highest BCUT2D eigenvalue weighted by Crippen LogP contribution is 2.07. The maximum atomic E-state index is 9.59. The molecule has 15 heavy (non-hydrogen) atoms. The third-order valence-electron chi connectivity index (χ3n) is 2.60.